The van der Waals surface area contributed by atoms with Gasteiger partial charge in [0.15, 0.2) is 11.5 Å². The lowest BCUT2D eigenvalue weighted by Crippen LogP contribution is -2.32. The van der Waals surface area contributed by atoms with E-state index in [1.165, 1.54) is 16.7 Å². The zero-order valence-electron chi connectivity index (χ0n) is 14.7. The van der Waals surface area contributed by atoms with E-state index in [9.17, 15) is 9.59 Å². The Bertz CT molecular complexity index is 682. The molecule has 24 heavy (non-hydrogen) atoms. The smallest absolute Gasteiger partial charge is 0.267 e. The summed E-state index contributed by atoms with van der Waals surface area (Å²) in [6.07, 6.45) is 0.732. The third kappa shape index (κ3) is 3.43. The van der Waals surface area contributed by atoms with E-state index < -0.39 is 0 Å². The Morgan fingerprint density at radius 1 is 1.08 bits per heavy atom. The maximum atomic E-state index is 12.8. The van der Waals surface area contributed by atoms with Crippen LogP contribution in [0.3, 0.4) is 0 Å². The standard InChI is InChI=1S/C18H23NO4S/c1-6-9-19-17(20)15(16(18(19)21)24-11(2)3)12-7-8-13(22-4)14(10-12)23-5/h7-8,10-11H,6,9H2,1-5H3. The summed E-state index contributed by atoms with van der Waals surface area (Å²) < 4.78 is 10.6. The van der Waals surface area contributed by atoms with Crippen LogP contribution in [0.1, 0.15) is 32.8 Å². The first-order chi connectivity index (χ1) is 11.4. The number of rotatable bonds is 7. The molecule has 2 rings (SSSR count). The molecule has 2 amide bonds. The number of benzene rings is 1. The fourth-order valence-electron chi connectivity index (χ4n) is 2.57. The van der Waals surface area contributed by atoms with Gasteiger partial charge in [-0.25, -0.2) is 0 Å². The van der Waals surface area contributed by atoms with Gasteiger partial charge >= 0.3 is 0 Å². The Balaban J connectivity index is 2.55. The molecule has 0 saturated carbocycles. The van der Waals surface area contributed by atoms with Crippen molar-refractivity contribution in [3.8, 4) is 11.5 Å². The molecule has 0 radical (unpaired) electrons. The number of carbonyl (C=O) groups is 2. The number of thioether (sulfide) groups is 1. The fourth-order valence-corrected chi connectivity index (χ4v) is 3.58. The minimum absolute atomic E-state index is 0.202. The molecule has 0 aliphatic carbocycles. The van der Waals surface area contributed by atoms with E-state index in [2.05, 4.69) is 0 Å². The van der Waals surface area contributed by atoms with Gasteiger partial charge in [-0.3, -0.25) is 14.5 Å². The molecule has 5 nitrogen and oxygen atoms in total. The highest BCUT2D eigenvalue weighted by Crippen LogP contribution is 2.40. The van der Waals surface area contributed by atoms with Crippen molar-refractivity contribution in [2.75, 3.05) is 20.8 Å². The molecule has 0 fully saturated rings. The van der Waals surface area contributed by atoms with E-state index >= 15 is 0 Å². The van der Waals surface area contributed by atoms with Crippen LogP contribution in [-0.4, -0.2) is 42.7 Å². The molecule has 1 aliphatic rings. The highest BCUT2D eigenvalue weighted by molar-refractivity contribution is 8.04. The van der Waals surface area contributed by atoms with Gasteiger partial charge < -0.3 is 9.47 Å². The monoisotopic (exact) mass is 349 g/mol. The Morgan fingerprint density at radius 2 is 1.75 bits per heavy atom. The van der Waals surface area contributed by atoms with Crippen LogP contribution < -0.4 is 9.47 Å². The van der Waals surface area contributed by atoms with Gasteiger partial charge in [0.05, 0.1) is 24.7 Å². The molecule has 1 aromatic carbocycles. The summed E-state index contributed by atoms with van der Waals surface area (Å²) in [5.74, 6) is 0.676. The van der Waals surface area contributed by atoms with Gasteiger partial charge in [0.1, 0.15) is 0 Å². The second-order valence-corrected chi connectivity index (χ2v) is 7.29. The first kappa shape index (κ1) is 18.4. The number of nitrogens with zero attached hydrogens (tertiary/aromatic N) is 1. The summed E-state index contributed by atoms with van der Waals surface area (Å²) >= 11 is 1.43. The fraction of sp³-hybridized carbons (Fsp3) is 0.444. The molecule has 0 aromatic heterocycles. The van der Waals surface area contributed by atoms with Crippen LogP contribution in [0, 0.1) is 0 Å². The van der Waals surface area contributed by atoms with Crippen molar-refractivity contribution in [1.82, 2.24) is 4.90 Å². The minimum atomic E-state index is -0.239. The second-order valence-electron chi connectivity index (χ2n) is 5.70. The molecule has 0 atom stereocenters. The van der Waals surface area contributed by atoms with Crippen LogP contribution >= 0.6 is 11.8 Å². The Kier molecular flexibility index (Phi) is 5.94. The Labute approximate surface area is 147 Å². The van der Waals surface area contributed by atoms with E-state index in [0.29, 0.717) is 34.1 Å². The number of imide groups is 1. The van der Waals surface area contributed by atoms with Crippen molar-refractivity contribution < 1.29 is 19.1 Å². The Morgan fingerprint density at radius 3 is 2.29 bits per heavy atom. The summed E-state index contributed by atoms with van der Waals surface area (Å²) in [7, 11) is 3.11. The first-order valence-electron chi connectivity index (χ1n) is 7.94. The number of methoxy groups -OCH3 is 2. The molecule has 1 heterocycles. The van der Waals surface area contributed by atoms with E-state index in [4.69, 9.17) is 9.47 Å². The molecule has 0 bridgehead atoms. The molecule has 1 aliphatic heterocycles. The van der Waals surface area contributed by atoms with Gasteiger partial charge in [-0.2, -0.15) is 0 Å². The van der Waals surface area contributed by atoms with E-state index in [-0.39, 0.29) is 17.1 Å². The lowest BCUT2D eigenvalue weighted by atomic mass is 10.1. The van der Waals surface area contributed by atoms with Crippen molar-refractivity contribution in [2.45, 2.75) is 32.4 Å². The van der Waals surface area contributed by atoms with Crippen molar-refractivity contribution in [3.05, 3.63) is 28.7 Å². The third-order valence-electron chi connectivity index (χ3n) is 3.60. The van der Waals surface area contributed by atoms with Crippen LogP contribution in [-0.2, 0) is 9.59 Å². The molecular weight excluding hydrogens is 326 g/mol. The average Bonchev–Trinajstić information content (AvgIpc) is 2.78. The topological polar surface area (TPSA) is 55.8 Å². The van der Waals surface area contributed by atoms with E-state index in [0.717, 1.165) is 6.42 Å². The lowest BCUT2D eigenvalue weighted by molar-refractivity contribution is -0.136. The highest BCUT2D eigenvalue weighted by atomic mass is 32.2. The third-order valence-corrected chi connectivity index (χ3v) is 4.68. The van der Waals surface area contributed by atoms with Crippen molar-refractivity contribution >= 4 is 29.1 Å². The van der Waals surface area contributed by atoms with Gasteiger partial charge in [0.25, 0.3) is 11.8 Å². The quantitative estimate of drug-likeness (QED) is 0.707. The normalized spacial score (nSPS) is 14.8. The lowest BCUT2D eigenvalue weighted by Gasteiger charge is -2.14. The van der Waals surface area contributed by atoms with Crippen LogP contribution in [0.5, 0.6) is 11.5 Å². The van der Waals surface area contributed by atoms with Crippen LogP contribution in [0.4, 0.5) is 0 Å². The highest BCUT2D eigenvalue weighted by Gasteiger charge is 2.39. The first-order valence-corrected chi connectivity index (χ1v) is 8.82. The summed E-state index contributed by atoms with van der Waals surface area (Å²) in [5.41, 5.74) is 1.13. The number of carbonyl (C=O) groups excluding carboxylic acids is 2. The number of hydrogen-bond donors (Lipinski definition) is 0. The minimum Gasteiger partial charge on any atom is -0.493 e. The van der Waals surface area contributed by atoms with Crippen LogP contribution in [0.2, 0.25) is 0 Å². The summed E-state index contributed by atoms with van der Waals surface area (Å²) in [5, 5.41) is 0.202. The van der Waals surface area contributed by atoms with Crippen LogP contribution in [0.25, 0.3) is 5.57 Å². The zero-order valence-corrected chi connectivity index (χ0v) is 15.5. The summed E-state index contributed by atoms with van der Waals surface area (Å²) in [4.78, 5) is 27.3. The van der Waals surface area contributed by atoms with Crippen molar-refractivity contribution in [1.29, 1.82) is 0 Å². The predicted octanol–water partition coefficient (Wildman–Crippen LogP) is 3.34. The van der Waals surface area contributed by atoms with Crippen molar-refractivity contribution in [2.24, 2.45) is 0 Å². The van der Waals surface area contributed by atoms with Gasteiger partial charge in [0, 0.05) is 11.8 Å². The molecule has 6 heteroatoms. The van der Waals surface area contributed by atoms with Gasteiger partial charge in [-0.05, 0) is 24.1 Å². The SMILES string of the molecule is CCCN1C(=O)C(SC(C)C)=C(c2ccc(OC)c(OC)c2)C1=O. The second kappa shape index (κ2) is 7.75. The molecule has 130 valence electrons. The maximum absolute atomic E-state index is 12.8. The Hall–Kier alpha value is -1.95. The number of ether oxygens (including phenoxy) is 2. The van der Waals surface area contributed by atoms with E-state index in [1.54, 1.807) is 32.4 Å². The number of hydrogen-bond acceptors (Lipinski definition) is 5. The largest absolute Gasteiger partial charge is 0.493 e. The summed E-state index contributed by atoms with van der Waals surface area (Å²) in [6, 6.07) is 5.28. The molecule has 1 aromatic rings. The average molecular weight is 349 g/mol. The summed E-state index contributed by atoms with van der Waals surface area (Å²) in [6.45, 7) is 6.38. The zero-order chi connectivity index (χ0) is 17.9. The van der Waals surface area contributed by atoms with Gasteiger partial charge in [-0.1, -0.05) is 26.8 Å². The predicted molar refractivity (Wildman–Crippen MR) is 96.2 cm³/mol. The molecule has 0 unspecified atom stereocenters. The van der Waals surface area contributed by atoms with E-state index in [1.807, 2.05) is 20.8 Å². The maximum Gasteiger partial charge on any atom is 0.267 e. The molecular formula is C18H23NO4S. The number of amides is 2. The molecule has 0 spiro atoms. The van der Waals surface area contributed by atoms with Gasteiger partial charge in [0.2, 0.25) is 0 Å². The van der Waals surface area contributed by atoms with Crippen LogP contribution in [0.15, 0.2) is 23.1 Å². The molecule has 0 N–H and O–H groups in total. The molecule has 0 saturated heterocycles. The van der Waals surface area contributed by atoms with Gasteiger partial charge in [-0.15, -0.1) is 11.8 Å². The van der Waals surface area contributed by atoms with Crippen molar-refractivity contribution in [3.63, 3.8) is 0 Å².